The summed E-state index contributed by atoms with van der Waals surface area (Å²) in [5, 5.41) is 10.1. The highest BCUT2D eigenvalue weighted by Crippen LogP contribution is 2.41. The summed E-state index contributed by atoms with van der Waals surface area (Å²) in [5.74, 6) is 0.296. The Morgan fingerprint density at radius 1 is 1.43 bits per heavy atom. The van der Waals surface area contributed by atoms with Crippen LogP contribution in [-0.2, 0) is 11.2 Å². The Morgan fingerprint density at radius 2 is 2.19 bits per heavy atom. The Kier molecular flexibility index (Phi) is 3.44. The monoisotopic (exact) mass is 288 g/mol. The minimum absolute atomic E-state index is 0.0653. The molecule has 2 aliphatic rings. The lowest BCUT2D eigenvalue weighted by atomic mass is 9.98. The maximum absolute atomic E-state index is 12.9. The Bertz CT molecular complexity index is 570. The molecule has 2 atom stereocenters. The van der Waals surface area contributed by atoms with Crippen LogP contribution in [0.1, 0.15) is 36.8 Å². The minimum Gasteiger partial charge on any atom is -0.508 e. The largest absolute Gasteiger partial charge is 0.508 e. The molecule has 4 heteroatoms. The number of hydrogen-bond donors (Lipinski definition) is 1. The number of carbonyl (C=O) groups excluding carboxylic acids is 1. The number of phenolic OH excluding ortho intramolecular Hbond substituents is 1. The van der Waals surface area contributed by atoms with E-state index in [1.54, 1.807) is 6.07 Å². The van der Waals surface area contributed by atoms with Crippen molar-refractivity contribution in [2.45, 2.75) is 37.6 Å². The lowest BCUT2D eigenvalue weighted by molar-refractivity contribution is -0.132. The van der Waals surface area contributed by atoms with Crippen molar-refractivity contribution < 1.29 is 9.90 Å². The Balaban J connectivity index is 1.80. The number of likely N-dealkylation sites (tertiary alicyclic amines) is 1. The zero-order valence-corrected chi connectivity index (χ0v) is 13.1. The number of phenols is 1. The summed E-state index contributed by atoms with van der Waals surface area (Å²) in [6.07, 6.45) is 2.71. The molecule has 0 aromatic heterocycles. The Hall–Kier alpha value is -1.55. The first kappa shape index (κ1) is 14.4. The molecule has 1 saturated heterocycles. The normalized spacial score (nSPS) is 28.2. The fourth-order valence-electron chi connectivity index (χ4n) is 3.63. The standard InChI is InChI=1S/C17H24N2O2/c1-17(18(2)3)9-10-19(11-17)16(21)13-8-7-12-5-4-6-14(20)15(12)13/h4-6,13,20H,7-11H2,1-3H3. The molecule has 1 N–H and O–H groups in total. The van der Waals surface area contributed by atoms with Crippen molar-refractivity contribution in [3.8, 4) is 5.75 Å². The molecule has 1 fully saturated rings. The molecule has 114 valence electrons. The van der Waals surface area contributed by atoms with Crippen LogP contribution in [0.2, 0.25) is 0 Å². The molecule has 1 aromatic carbocycles. The number of benzene rings is 1. The fourth-order valence-corrected chi connectivity index (χ4v) is 3.63. The summed E-state index contributed by atoms with van der Waals surface area (Å²) in [6, 6.07) is 5.58. The van der Waals surface area contributed by atoms with Gasteiger partial charge in [0.1, 0.15) is 5.75 Å². The van der Waals surface area contributed by atoms with E-state index >= 15 is 0 Å². The quantitative estimate of drug-likeness (QED) is 0.905. The molecule has 1 aliphatic carbocycles. The third-order valence-corrected chi connectivity index (χ3v) is 5.37. The lowest BCUT2D eigenvalue weighted by Gasteiger charge is -2.32. The smallest absolute Gasteiger partial charge is 0.230 e. The second kappa shape index (κ2) is 5.02. The van der Waals surface area contributed by atoms with Crippen LogP contribution in [0.25, 0.3) is 0 Å². The van der Waals surface area contributed by atoms with Gasteiger partial charge in [-0.3, -0.25) is 4.79 Å². The zero-order chi connectivity index (χ0) is 15.2. The first-order chi connectivity index (χ1) is 9.92. The third kappa shape index (κ3) is 2.31. The van der Waals surface area contributed by atoms with Crippen LogP contribution < -0.4 is 0 Å². The fraction of sp³-hybridized carbons (Fsp3) is 0.588. The zero-order valence-electron chi connectivity index (χ0n) is 13.1. The average molecular weight is 288 g/mol. The van der Waals surface area contributed by atoms with E-state index < -0.39 is 0 Å². The summed E-state index contributed by atoms with van der Waals surface area (Å²) in [6.45, 7) is 3.80. The predicted molar refractivity (Wildman–Crippen MR) is 82.5 cm³/mol. The van der Waals surface area contributed by atoms with E-state index in [4.69, 9.17) is 0 Å². The van der Waals surface area contributed by atoms with Crippen molar-refractivity contribution in [3.05, 3.63) is 29.3 Å². The van der Waals surface area contributed by atoms with Gasteiger partial charge in [-0.05, 0) is 51.9 Å². The first-order valence-electron chi connectivity index (χ1n) is 7.69. The SMILES string of the molecule is CN(C)C1(C)CCN(C(=O)C2CCc3cccc(O)c32)C1. The van der Waals surface area contributed by atoms with Gasteiger partial charge in [0.25, 0.3) is 0 Å². The topological polar surface area (TPSA) is 43.8 Å². The molecular formula is C17H24N2O2. The number of likely N-dealkylation sites (N-methyl/N-ethyl adjacent to an activating group) is 1. The van der Waals surface area contributed by atoms with Crippen molar-refractivity contribution >= 4 is 5.91 Å². The lowest BCUT2D eigenvalue weighted by Crippen LogP contribution is -2.45. The van der Waals surface area contributed by atoms with Crippen molar-refractivity contribution in [2.24, 2.45) is 0 Å². The molecule has 1 heterocycles. The van der Waals surface area contributed by atoms with Crippen LogP contribution in [0.5, 0.6) is 5.75 Å². The van der Waals surface area contributed by atoms with Crippen LogP contribution in [-0.4, -0.2) is 53.5 Å². The first-order valence-corrected chi connectivity index (χ1v) is 7.69. The third-order valence-electron chi connectivity index (χ3n) is 5.37. The second-order valence-electron chi connectivity index (χ2n) is 6.84. The number of amides is 1. The number of nitrogens with zero attached hydrogens (tertiary/aromatic N) is 2. The van der Waals surface area contributed by atoms with Crippen LogP contribution >= 0.6 is 0 Å². The number of hydrogen-bond acceptors (Lipinski definition) is 3. The summed E-state index contributed by atoms with van der Waals surface area (Å²) < 4.78 is 0. The highest BCUT2D eigenvalue weighted by atomic mass is 16.3. The van der Waals surface area contributed by atoms with Gasteiger partial charge in [0.05, 0.1) is 5.92 Å². The van der Waals surface area contributed by atoms with Crippen molar-refractivity contribution in [3.63, 3.8) is 0 Å². The number of aryl methyl sites for hydroxylation is 1. The van der Waals surface area contributed by atoms with E-state index in [1.807, 2.05) is 17.0 Å². The molecule has 0 bridgehead atoms. The van der Waals surface area contributed by atoms with E-state index in [1.165, 1.54) is 0 Å². The molecule has 4 nitrogen and oxygen atoms in total. The molecule has 0 saturated carbocycles. The van der Waals surface area contributed by atoms with Crippen LogP contribution in [0.3, 0.4) is 0 Å². The summed E-state index contributed by atoms with van der Waals surface area (Å²) in [4.78, 5) is 17.1. The molecule has 3 rings (SSSR count). The van der Waals surface area contributed by atoms with Gasteiger partial charge >= 0.3 is 0 Å². The van der Waals surface area contributed by atoms with Crippen molar-refractivity contribution in [2.75, 3.05) is 27.2 Å². The molecule has 0 radical (unpaired) electrons. The molecule has 21 heavy (non-hydrogen) atoms. The Morgan fingerprint density at radius 3 is 2.86 bits per heavy atom. The predicted octanol–water partition coefficient (Wildman–Crippen LogP) is 1.97. The van der Waals surface area contributed by atoms with Gasteiger partial charge in [0.15, 0.2) is 0 Å². The summed E-state index contributed by atoms with van der Waals surface area (Å²) in [7, 11) is 4.15. The number of fused-ring (bicyclic) bond motifs is 1. The minimum atomic E-state index is -0.161. The van der Waals surface area contributed by atoms with Gasteiger partial charge in [-0.25, -0.2) is 0 Å². The molecule has 1 aliphatic heterocycles. The van der Waals surface area contributed by atoms with E-state index in [2.05, 4.69) is 25.9 Å². The Labute approximate surface area is 126 Å². The van der Waals surface area contributed by atoms with Crippen molar-refractivity contribution in [1.29, 1.82) is 0 Å². The van der Waals surface area contributed by atoms with Gasteiger partial charge in [-0.2, -0.15) is 0 Å². The molecule has 0 spiro atoms. The van der Waals surface area contributed by atoms with Crippen LogP contribution in [0.4, 0.5) is 0 Å². The highest BCUT2D eigenvalue weighted by Gasteiger charge is 2.41. The number of aromatic hydroxyl groups is 1. The van der Waals surface area contributed by atoms with E-state index in [-0.39, 0.29) is 23.1 Å². The van der Waals surface area contributed by atoms with Crippen LogP contribution in [0, 0.1) is 0 Å². The molecule has 2 unspecified atom stereocenters. The molecule has 1 aromatic rings. The van der Waals surface area contributed by atoms with Gasteiger partial charge < -0.3 is 14.9 Å². The second-order valence-corrected chi connectivity index (χ2v) is 6.84. The molecule has 1 amide bonds. The summed E-state index contributed by atoms with van der Waals surface area (Å²) in [5.41, 5.74) is 2.06. The highest BCUT2D eigenvalue weighted by molar-refractivity contribution is 5.86. The average Bonchev–Trinajstić information content (AvgIpc) is 3.04. The summed E-state index contributed by atoms with van der Waals surface area (Å²) >= 11 is 0. The van der Waals surface area contributed by atoms with Crippen LogP contribution in [0.15, 0.2) is 18.2 Å². The van der Waals surface area contributed by atoms with E-state index in [0.29, 0.717) is 0 Å². The van der Waals surface area contributed by atoms with Gasteiger partial charge in [-0.1, -0.05) is 12.1 Å². The van der Waals surface area contributed by atoms with E-state index in [9.17, 15) is 9.90 Å². The van der Waals surface area contributed by atoms with Gasteiger partial charge in [0.2, 0.25) is 5.91 Å². The maximum atomic E-state index is 12.9. The molecular weight excluding hydrogens is 264 g/mol. The van der Waals surface area contributed by atoms with Gasteiger partial charge in [0, 0.05) is 24.2 Å². The van der Waals surface area contributed by atoms with Gasteiger partial charge in [-0.15, -0.1) is 0 Å². The number of rotatable bonds is 2. The van der Waals surface area contributed by atoms with Crippen molar-refractivity contribution in [1.82, 2.24) is 9.80 Å². The maximum Gasteiger partial charge on any atom is 0.230 e. The van der Waals surface area contributed by atoms with E-state index in [0.717, 1.165) is 43.5 Å². The number of carbonyl (C=O) groups is 1.